The zero-order valence-corrected chi connectivity index (χ0v) is 14.4. The van der Waals surface area contributed by atoms with Gasteiger partial charge in [-0.3, -0.25) is 9.59 Å². The van der Waals surface area contributed by atoms with Crippen molar-refractivity contribution in [3.8, 4) is 11.5 Å². The Morgan fingerprint density at radius 1 is 1.13 bits per heavy atom. The molecule has 2 aliphatic heterocycles. The van der Waals surface area contributed by atoms with Crippen LogP contribution in [0.2, 0.25) is 0 Å². The number of likely N-dealkylation sites (tertiary alicyclic amines) is 1. The fourth-order valence-corrected chi connectivity index (χ4v) is 4.50. The second-order valence-corrected chi connectivity index (χ2v) is 7.39. The lowest BCUT2D eigenvalue weighted by atomic mass is 9.94. The number of hydrogen-bond acceptors (Lipinski definition) is 4. The van der Waals surface area contributed by atoms with Gasteiger partial charge in [0.2, 0.25) is 12.7 Å². The molecular formula is C17H18BrNO4. The van der Waals surface area contributed by atoms with E-state index in [1.54, 1.807) is 0 Å². The first-order valence-corrected chi connectivity index (χ1v) is 8.77. The summed E-state index contributed by atoms with van der Waals surface area (Å²) in [4.78, 5) is 26.0. The number of rotatable bonds is 3. The molecule has 0 N–H and O–H groups in total. The average Bonchev–Trinajstić information content (AvgIpc) is 3.19. The number of halogens is 1. The number of ketones is 1. The second kappa shape index (κ2) is 5.51. The number of amides is 1. The molecule has 0 radical (unpaired) electrons. The standard InChI is InChI=1S/C17H18BrNO4/c18-13-8-15-14(22-10-23-15)7-11(13)3-6-19-16(21)2-5-17(19)4-1-12(20)9-17/h7-8H,1-6,9-10H2. The monoisotopic (exact) mass is 379 g/mol. The third kappa shape index (κ3) is 2.53. The van der Waals surface area contributed by atoms with E-state index < -0.39 is 0 Å². The summed E-state index contributed by atoms with van der Waals surface area (Å²) >= 11 is 3.57. The van der Waals surface area contributed by atoms with E-state index in [9.17, 15) is 9.59 Å². The normalized spacial score (nSPS) is 25.9. The van der Waals surface area contributed by atoms with Crippen molar-refractivity contribution in [2.45, 2.75) is 44.1 Å². The molecule has 4 rings (SSSR count). The van der Waals surface area contributed by atoms with Gasteiger partial charge in [-0.05, 0) is 37.0 Å². The van der Waals surface area contributed by atoms with Gasteiger partial charge in [0.25, 0.3) is 0 Å². The van der Waals surface area contributed by atoms with Gasteiger partial charge >= 0.3 is 0 Å². The van der Waals surface area contributed by atoms with Gasteiger partial charge < -0.3 is 14.4 Å². The molecule has 1 aromatic carbocycles. The number of benzene rings is 1. The quantitative estimate of drug-likeness (QED) is 0.809. The van der Waals surface area contributed by atoms with E-state index in [2.05, 4.69) is 15.9 Å². The average molecular weight is 380 g/mol. The first-order valence-electron chi connectivity index (χ1n) is 7.98. The van der Waals surface area contributed by atoms with Crippen molar-refractivity contribution in [2.75, 3.05) is 13.3 Å². The van der Waals surface area contributed by atoms with E-state index in [0.29, 0.717) is 25.8 Å². The predicted molar refractivity (Wildman–Crippen MR) is 86.5 cm³/mol. The van der Waals surface area contributed by atoms with Crippen LogP contribution in [-0.2, 0) is 16.0 Å². The summed E-state index contributed by atoms with van der Waals surface area (Å²) in [7, 11) is 0. The fraction of sp³-hybridized carbons (Fsp3) is 0.529. The third-order valence-corrected chi connectivity index (χ3v) is 5.96. The third-order valence-electron chi connectivity index (χ3n) is 5.22. The van der Waals surface area contributed by atoms with Crippen LogP contribution in [-0.4, -0.2) is 35.5 Å². The number of hydrogen-bond donors (Lipinski definition) is 0. The van der Waals surface area contributed by atoms with Gasteiger partial charge in [-0.1, -0.05) is 15.9 Å². The molecule has 1 aromatic rings. The Morgan fingerprint density at radius 3 is 2.61 bits per heavy atom. The van der Waals surface area contributed by atoms with Crippen molar-refractivity contribution in [1.29, 1.82) is 0 Å². The van der Waals surface area contributed by atoms with Crippen molar-refractivity contribution in [3.63, 3.8) is 0 Å². The molecule has 1 aliphatic carbocycles. The Hall–Kier alpha value is -1.56. The Bertz CT molecular complexity index is 685. The molecule has 3 aliphatic rings. The first kappa shape index (κ1) is 15.0. The minimum atomic E-state index is -0.211. The van der Waals surface area contributed by atoms with Crippen LogP contribution in [0.3, 0.4) is 0 Å². The minimum absolute atomic E-state index is 0.177. The summed E-state index contributed by atoms with van der Waals surface area (Å²) < 4.78 is 11.8. The fourth-order valence-electron chi connectivity index (χ4n) is 3.98. The highest BCUT2D eigenvalue weighted by Gasteiger charge is 2.49. The van der Waals surface area contributed by atoms with Gasteiger partial charge in [0.1, 0.15) is 5.78 Å². The van der Waals surface area contributed by atoms with Crippen molar-refractivity contribution in [1.82, 2.24) is 4.90 Å². The highest BCUT2D eigenvalue weighted by molar-refractivity contribution is 9.10. The SMILES string of the molecule is O=C1CCC2(CCC(=O)N2CCc2cc3c(cc2Br)OCO3)C1. The molecule has 1 unspecified atom stereocenters. The Labute approximate surface area is 143 Å². The summed E-state index contributed by atoms with van der Waals surface area (Å²) in [6.45, 7) is 0.894. The van der Waals surface area contributed by atoms with Crippen LogP contribution in [0.5, 0.6) is 11.5 Å². The lowest BCUT2D eigenvalue weighted by Crippen LogP contribution is -2.45. The molecule has 1 amide bonds. The maximum Gasteiger partial charge on any atom is 0.231 e. The number of carbonyl (C=O) groups is 2. The van der Waals surface area contributed by atoms with Crippen molar-refractivity contribution in [2.24, 2.45) is 0 Å². The smallest absolute Gasteiger partial charge is 0.231 e. The van der Waals surface area contributed by atoms with E-state index in [4.69, 9.17) is 9.47 Å². The number of ether oxygens (including phenoxy) is 2. The zero-order valence-electron chi connectivity index (χ0n) is 12.8. The molecule has 6 heteroatoms. The predicted octanol–water partition coefficient (Wildman–Crippen LogP) is 2.83. The highest BCUT2D eigenvalue weighted by Crippen LogP contribution is 2.43. The number of Topliss-reactive ketones (excluding diaryl/α,β-unsaturated/α-hetero) is 1. The molecule has 2 heterocycles. The van der Waals surface area contributed by atoms with Crippen molar-refractivity contribution in [3.05, 3.63) is 22.2 Å². The van der Waals surface area contributed by atoms with Gasteiger partial charge in [-0.2, -0.15) is 0 Å². The van der Waals surface area contributed by atoms with E-state index in [0.717, 1.165) is 40.8 Å². The van der Waals surface area contributed by atoms with Gasteiger partial charge in [0, 0.05) is 30.3 Å². The van der Waals surface area contributed by atoms with Gasteiger partial charge in [0.15, 0.2) is 11.5 Å². The summed E-state index contributed by atoms with van der Waals surface area (Å²) in [6.07, 6.45) is 4.08. The molecule has 122 valence electrons. The second-order valence-electron chi connectivity index (χ2n) is 6.53. The molecule has 5 nitrogen and oxygen atoms in total. The molecular weight excluding hydrogens is 362 g/mol. The van der Waals surface area contributed by atoms with Crippen LogP contribution in [0.1, 0.15) is 37.7 Å². The van der Waals surface area contributed by atoms with Crippen LogP contribution >= 0.6 is 15.9 Å². The first-order chi connectivity index (χ1) is 11.1. The number of nitrogens with zero attached hydrogens (tertiary/aromatic N) is 1. The number of fused-ring (bicyclic) bond motifs is 1. The van der Waals surface area contributed by atoms with Crippen molar-refractivity contribution < 1.29 is 19.1 Å². The Kier molecular flexibility index (Phi) is 3.59. The topological polar surface area (TPSA) is 55.8 Å². The van der Waals surface area contributed by atoms with Crippen LogP contribution < -0.4 is 9.47 Å². The molecule has 2 fully saturated rings. The Balaban J connectivity index is 1.52. The van der Waals surface area contributed by atoms with E-state index in [1.807, 2.05) is 17.0 Å². The van der Waals surface area contributed by atoms with Crippen LogP contribution in [0.25, 0.3) is 0 Å². The van der Waals surface area contributed by atoms with Crippen LogP contribution in [0.4, 0.5) is 0 Å². The molecule has 1 spiro atoms. The summed E-state index contributed by atoms with van der Waals surface area (Å²) in [6, 6.07) is 3.89. The molecule has 1 atom stereocenters. The number of carbonyl (C=O) groups excluding carboxylic acids is 2. The van der Waals surface area contributed by atoms with E-state index >= 15 is 0 Å². The zero-order chi connectivity index (χ0) is 16.0. The lowest BCUT2D eigenvalue weighted by Gasteiger charge is -2.34. The van der Waals surface area contributed by atoms with E-state index in [1.165, 1.54) is 0 Å². The molecule has 0 bridgehead atoms. The van der Waals surface area contributed by atoms with Gasteiger partial charge in [0.05, 0.1) is 5.54 Å². The minimum Gasteiger partial charge on any atom is -0.454 e. The summed E-state index contributed by atoms with van der Waals surface area (Å²) in [5.41, 5.74) is 0.880. The summed E-state index contributed by atoms with van der Waals surface area (Å²) in [5, 5.41) is 0. The molecule has 23 heavy (non-hydrogen) atoms. The maximum absolute atomic E-state index is 12.3. The molecule has 1 saturated heterocycles. The molecule has 0 aromatic heterocycles. The van der Waals surface area contributed by atoms with Gasteiger partial charge in [-0.25, -0.2) is 0 Å². The summed E-state index contributed by atoms with van der Waals surface area (Å²) in [5.74, 6) is 1.96. The Morgan fingerprint density at radius 2 is 1.87 bits per heavy atom. The van der Waals surface area contributed by atoms with Crippen molar-refractivity contribution >= 4 is 27.6 Å². The van der Waals surface area contributed by atoms with Crippen LogP contribution in [0, 0.1) is 0 Å². The van der Waals surface area contributed by atoms with Gasteiger partial charge in [-0.15, -0.1) is 0 Å². The van der Waals surface area contributed by atoms with Crippen LogP contribution in [0.15, 0.2) is 16.6 Å². The maximum atomic E-state index is 12.3. The lowest BCUT2D eigenvalue weighted by molar-refractivity contribution is -0.131. The largest absolute Gasteiger partial charge is 0.454 e. The molecule has 1 saturated carbocycles. The highest BCUT2D eigenvalue weighted by atomic mass is 79.9. The van der Waals surface area contributed by atoms with E-state index in [-0.39, 0.29) is 24.0 Å².